The third-order valence-electron chi connectivity index (χ3n) is 2.69. The molecule has 0 spiro atoms. The molecule has 1 aromatic heterocycles. The highest BCUT2D eigenvalue weighted by molar-refractivity contribution is 9.10. The first-order valence-electron chi connectivity index (χ1n) is 5.96. The predicted molar refractivity (Wildman–Crippen MR) is 77.3 cm³/mol. The SMILES string of the molecule is Cc1cc(Oc2ccc(Br)cc2C(C)C)ccn1. The van der Waals surface area contributed by atoms with E-state index in [-0.39, 0.29) is 0 Å². The monoisotopic (exact) mass is 305 g/mol. The van der Waals surface area contributed by atoms with Gasteiger partial charge in [-0.05, 0) is 42.7 Å². The fourth-order valence-corrected chi connectivity index (χ4v) is 2.15. The molecule has 0 radical (unpaired) electrons. The third-order valence-corrected chi connectivity index (χ3v) is 3.18. The largest absolute Gasteiger partial charge is 0.457 e. The zero-order chi connectivity index (χ0) is 13.1. The Balaban J connectivity index is 2.34. The Morgan fingerprint density at radius 2 is 1.94 bits per heavy atom. The van der Waals surface area contributed by atoms with Gasteiger partial charge in [-0.25, -0.2) is 0 Å². The highest BCUT2D eigenvalue weighted by Crippen LogP contribution is 2.32. The molecule has 0 saturated heterocycles. The number of hydrogen-bond acceptors (Lipinski definition) is 2. The molecule has 0 aliphatic heterocycles. The molecule has 0 unspecified atom stereocenters. The van der Waals surface area contributed by atoms with E-state index in [9.17, 15) is 0 Å². The molecule has 0 aliphatic carbocycles. The van der Waals surface area contributed by atoms with Gasteiger partial charge < -0.3 is 4.74 Å². The molecule has 0 amide bonds. The Hall–Kier alpha value is -1.35. The maximum atomic E-state index is 5.95. The summed E-state index contributed by atoms with van der Waals surface area (Å²) >= 11 is 3.50. The third kappa shape index (κ3) is 3.10. The van der Waals surface area contributed by atoms with Crippen molar-refractivity contribution in [3.63, 3.8) is 0 Å². The lowest BCUT2D eigenvalue weighted by atomic mass is 10.0. The summed E-state index contributed by atoms with van der Waals surface area (Å²) < 4.78 is 7.02. The van der Waals surface area contributed by atoms with Crippen molar-refractivity contribution in [1.82, 2.24) is 4.98 Å². The van der Waals surface area contributed by atoms with E-state index in [0.717, 1.165) is 21.7 Å². The minimum Gasteiger partial charge on any atom is -0.457 e. The van der Waals surface area contributed by atoms with E-state index in [1.807, 2.05) is 31.2 Å². The van der Waals surface area contributed by atoms with Gasteiger partial charge in [0.15, 0.2) is 0 Å². The first-order valence-corrected chi connectivity index (χ1v) is 6.75. The second-order valence-corrected chi connectivity index (χ2v) is 5.49. The first kappa shape index (κ1) is 13.1. The number of aryl methyl sites for hydroxylation is 1. The summed E-state index contributed by atoms with van der Waals surface area (Å²) in [7, 11) is 0. The molecule has 0 saturated carbocycles. The number of rotatable bonds is 3. The molecule has 3 heteroatoms. The van der Waals surface area contributed by atoms with E-state index >= 15 is 0 Å². The van der Waals surface area contributed by atoms with Gasteiger partial charge in [-0.2, -0.15) is 0 Å². The van der Waals surface area contributed by atoms with Crippen molar-refractivity contribution in [2.75, 3.05) is 0 Å². The zero-order valence-corrected chi connectivity index (χ0v) is 12.4. The van der Waals surface area contributed by atoms with Gasteiger partial charge in [0.1, 0.15) is 11.5 Å². The van der Waals surface area contributed by atoms with Crippen LogP contribution in [-0.4, -0.2) is 4.98 Å². The Labute approximate surface area is 116 Å². The van der Waals surface area contributed by atoms with Crippen LogP contribution >= 0.6 is 15.9 Å². The fraction of sp³-hybridized carbons (Fsp3) is 0.267. The zero-order valence-electron chi connectivity index (χ0n) is 10.8. The quantitative estimate of drug-likeness (QED) is 0.790. The second-order valence-electron chi connectivity index (χ2n) is 4.57. The van der Waals surface area contributed by atoms with Crippen LogP contribution in [-0.2, 0) is 0 Å². The van der Waals surface area contributed by atoms with Crippen molar-refractivity contribution in [2.24, 2.45) is 0 Å². The minimum absolute atomic E-state index is 0.417. The maximum Gasteiger partial charge on any atom is 0.130 e. The number of hydrogen-bond donors (Lipinski definition) is 0. The predicted octanol–water partition coefficient (Wildman–Crippen LogP) is 5.07. The van der Waals surface area contributed by atoms with E-state index in [2.05, 4.69) is 40.8 Å². The van der Waals surface area contributed by atoms with Gasteiger partial charge >= 0.3 is 0 Å². The molecule has 0 atom stereocenters. The molecule has 18 heavy (non-hydrogen) atoms. The number of halogens is 1. The van der Waals surface area contributed by atoms with Gasteiger partial charge in [-0.3, -0.25) is 4.98 Å². The van der Waals surface area contributed by atoms with E-state index in [1.54, 1.807) is 6.20 Å². The number of benzene rings is 1. The van der Waals surface area contributed by atoms with E-state index in [4.69, 9.17) is 4.74 Å². The van der Waals surface area contributed by atoms with Crippen LogP contribution in [0.2, 0.25) is 0 Å². The molecule has 1 aromatic carbocycles. The standard InChI is InChI=1S/C15H16BrNO/c1-10(2)14-9-12(16)4-5-15(14)18-13-6-7-17-11(3)8-13/h4-10H,1-3H3. The number of pyridine rings is 1. The lowest BCUT2D eigenvalue weighted by Gasteiger charge is -2.14. The molecule has 2 nitrogen and oxygen atoms in total. The van der Waals surface area contributed by atoms with Gasteiger partial charge in [0, 0.05) is 22.4 Å². The topological polar surface area (TPSA) is 22.1 Å². The molecule has 2 rings (SSSR count). The molecule has 94 valence electrons. The number of aromatic nitrogens is 1. The normalized spacial score (nSPS) is 10.7. The summed E-state index contributed by atoms with van der Waals surface area (Å²) in [5.41, 5.74) is 2.15. The summed E-state index contributed by atoms with van der Waals surface area (Å²) in [6, 6.07) is 9.91. The lowest BCUT2D eigenvalue weighted by molar-refractivity contribution is 0.472. The van der Waals surface area contributed by atoms with Gasteiger partial charge in [0.25, 0.3) is 0 Å². The van der Waals surface area contributed by atoms with Crippen LogP contribution in [0.4, 0.5) is 0 Å². The van der Waals surface area contributed by atoms with Gasteiger partial charge in [0.05, 0.1) is 0 Å². The maximum absolute atomic E-state index is 5.95. The highest BCUT2D eigenvalue weighted by atomic mass is 79.9. The van der Waals surface area contributed by atoms with Gasteiger partial charge in [0.2, 0.25) is 0 Å². The van der Waals surface area contributed by atoms with Crippen molar-refractivity contribution >= 4 is 15.9 Å². The van der Waals surface area contributed by atoms with E-state index in [0.29, 0.717) is 5.92 Å². The molecule has 1 heterocycles. The van der Waals surface area contributed by atoms with Crippen LogP contribution in [0.3, 0.4) is 0 Å². The molecule has 2 aromatic rings. The van der Waals surface area contributed by atoms with Crippen molar-refractivity contribution in [2.45, 2.75) is 26.7 Å². The van der Waals surface area contributed by atoms with E-state index in [1.165, 1.54) is 5.56 Å². The summed E-state index contributed by atoms with van der Waals surface area (Å²) in [5.74, 6) is 2.14. The summed E-state index contributed by atoms with van der Waals surface area (Å²) in [4.78, 5) is 4.17. The van der Waals surface area contributed by atoms with Crippen molar-refractivity contribution in [3.05, 3.63) is 52.3 Å². The van der Waals surface area contributed by atoms with Crippen molar-refractivity contribution < 1.29 is 4.74 Å². The molecular formula is C15H16BrNO. The molecule has 0 aliphatic rings. The summed E-state index contributed by atoms with van der Waals surface area (Å²) in [6.45, 7) is 6.27. The first-order chi connectivity index (χ1) is 8.56. The highest BCUT2D eigenvalue weighted by Gasteiger charge is 2.09. The Bertz CT molecular complexity index is 552. The van der Waals surface area contributed by atoms with Crippen LogP contribution in [0.25, 0.3) is 0 Å². The lowest BCUT2D eigenvalue weighted by Crippen LogP contribution is -1.94. The molecule has 0 fully saturated rings. The van der Waals surface area contributed by atoms with E-state index < -0.39 is 0 Å². The van der Waals surface area contributed by atoms with Crippen LogP contribution in [0, 0.1) is 6.92 Å². The fourth-order valence-electron chi connectivity index (χ4n) is 1.77. The summed E-state index contributed by atoms with van der Waals surface area (Å²) in [6.07, 6.45) is 1.76. The Kier molecular flexibility index (Phi) is 4.02. The van der Waals surface area contributed by atoms with Crippen LogP contribution in [0.5, 0.6) is 11.5 Å². The van der Waals surface area contributed by atoms with Crippen LogP contribution < -0.4 is 4.74 Å². The number of nitrogens with zero attached hydrogens (tertiary/aromatic N) is 1. The van der Waals surface area contributed by atoms with Crippen molar-refractivity contribution in [1.29, 1.82) is 0 Å². The summed E-state index contributed by atoms with van der Waals surface area (Å²) in [5, 5.41) is 0. The Morgan fingerprint density at radius 1 is 1.17 bits per heavy atom. The average Bonchev–Trinajstić information content (AvgIpc) is 2.31. The minimum atomic E-state index is 0.417. The average molecular weight is 306 g/mol. The number of ether oxygens (including phenoxy) is 1. The van der Waals surface area contributed by atoms with Crippen molar-refractivity contribution in [3.8, 4) is 11.5 Å². The molecule has 0 N–H and O–H groups in total. The van der Waals surface area contributed by atoms with Crippen LogP contribution in [0.15, 0.2) is 41.0 Å². The van der Waals surface area contributed by atoms with Crippen LogP contribution in [0.1, 0.15) is 31.0 Å². The second kappa shape index (κ2) is 5.53. The smallest absolute Gasteiger partial charge is 0.130 e. The Morgan fingerprint density at radius 3 is 2.61 bits per heavy atom. The molecular weight excluding hydrogens is 290 g/mol. The molecule has 0 bridgehead atoms. The van der Waals surface area contributed by atoms with Gasteiger partial charge in [-0.15, -0.1) is 0 Å². The van der Waals surface area contributed by atoms with Gasteiger partial charge in [-0.1, -0.05) is 29.8 Å².